The molecule has 0 bridgehead atoms. The Labute approximate surface area is 155 Å². The van der Waals surface area contributed by atoms with Gasteiger partial charge >= 0.3 is 0 Å². The van der Waals surface area contributed by atoms with Gasteiger partial charge in [-0.05, 0) is 37.8 Å². The first kappa shape index (κ1) is 17.5. The number of nitrogens with zero attached hydrogens (tertiary/aromatic N) is 2. The van der Waals surface area contributed by atoms with E-state index in [1.165, 1.54) is 0 Å². The smallest absolute Gasteiger partial charge is 0.222 e. The first-order valence-corrected chi connectivity index (χ1v) is 9.46. The van der Waals surface area contributed by atoms with Crippen molar-refractivity contribution in [2.24, 2.45) is 11.8 Å². The molecule has 1 saturated heterocycles. The average Bonchev–Trinajstić information content (AvgIpc) is 3.04. The molecule has 0 spiro atoms. The number of carbonyl (C=O) groups is 1. The molecule has 26 heavy (non-hydrogen) atoms. The van der Waals surface area contributed by atoms with E-state index in [0.29, 0.717) is 43.4 Å². The molecule has 2 aliphatic heterocycles. The zero-order valence-electron chi connectivity index (χ0n) is 15.9. The van der Waals surface area contributed by atoms with E-state index in [1.54, 1.807) is 7.11 Å². The standard InChI is InChI=1S/C20H28N2O4/c1-21(16-6-13-9-20(23)22(2)11-14(13)7-16)12-15-8-18-19(10-17(15)24-3)26-5-4-25-18/h8,10,13-14,16H,4-7,9,11-12H2,1-3H3/t13-,14+,16-/m0/s1. The van der Waals surface area contributed by atoms with Crippen LogP contribution in [-0.2, 0) is 11.3 Å². The third-order valence-corrected chi connectivity index (χ3v) is 6.18. The molecule has 1 aliphatic carbocycles. The number of rotatable bonds is 4. The Morgan fingerprint density at radius 3 is 2.62 bits per heavy atom. The molecular weight excluding hydrogens is 332 g/mol. The van der Waals surface area contributed by atoms with Gasteiger partial charge in [0.2, 0.25) is 5.91 Å². The van der Waals surface area contributed by atoms with Crippen LogP contribution in [0.4, 0.5) is 0 Å². The number of fused-ring (bicyclic) bond motifs is 2. The van der Waals surface area contributed by atoms with Gasteiger partial charge in [-0.3, -0.25) is 9.69 Å². The molecule has 6 heteroatoms. The second kappa shape index (κ2) is 6.99. The van der Waals surface area contributed by atoms with Gasteiger partial charge in [-0.2, -0.15) is 0 Å². The van der Waals surface area contributed by atoms with Crippen molar-refractivity contribution < 1.29 is 19.0 Å². The highest BCUT2D eigenvalue weighted by Crippen LogP contribution is 2.41. The van der Waals surface area contributed by atoms with Gasteiger partial charge in [0.25, 0.3) is 0 Å². The Hall–Kier alpha value is -1.95. The van der Waals surface area contributed by atoms with E-state index in [4.69, 9.17) is 14.2 Å². The van der Waals surface area contributed by atoms with Gasteiger partial charge in [-0.1, -0.05) is 0 Å². The summed E-state index contributed by atoms with van der Waals surface area (Å²) in [5, 5.41) is 0. The lowest BCUT2D eigenvalue weighted by atomic mass is 9.88. The van der Waals surface area contributed by atoms with Crippen LogP contribution < -0.4 is 14.2 Å². The van der Waals surface area contributed by atoms with Crippen LogP contribution in [0, 0.1) is 11.8 Å². The predicted octanol–water partition coefficient (Wildman–Crippen LogP) is 2.16. The lowest BCUT2D eigenvalue weighted by Crippen LogP contribution is -2.39. The van der Waals surface area contributed by atoms with Gasteiger partial charge in [0.15, 0.2) is 11.5 Å². The van der Waals surface area contributed by atoms with Crippen molar-refractivity contribution in [2.45, 2.75) is 31.8 Å². The molecule has 0 N–H and O–H groups in total. The predicted molar refractivity (Wildman–Crippen MR) is 97.7 cm³/mol. The topological polar surface area (TPSA) is 51.2 Å². The van der Waals surface area contributed by atoms with Crippen LogP contribution in [-0.4, -0.2) is 62.7 Å². The Morgan fingerprint density at radius 1 is 1.19 bits per heavy atom. The molecule has 1 aromatic rings. The van der Waals surface area contributed by atoms with Gasteiger partial charge in [0.05, 0.1) is 7.11 Å². The van der Waals surface area contributed by atoms with Gasteiger partial charge in [0.1, 0.15) is 19.0 Å². The Bertz CT molecular complexity index is 693. The highest BCUT2D eigenvalue weighted by Gasteiger charge is 2.41. The van der Waals surface area contributed by atoms with Gasteiger partial charge in [-0.25, -0.2) is 0 Å². The monoisotopic (exact) mass is 360 g/mol. The van der Waals surface area contributed by atoms with Crippen LogP contribution in [0.25, 0.3) is 0 Å². The van der Waals surface area contributed by atoms with E-state index in [9.17, 15) is 4.79 Å². The minimum atomic E-state index is 0.294. The highest BCUT2D eigenvalue weighted by molar-refractivity contribution is 5.77. The summed E-state index contributed by atoms with van der Waals surface area (Å²) in [6.07, 6.45) is 2.97. The molecule has 0 aromatic heterocycles. The molecule has 1 amide bonds. The number of ether oxygens (including phenoxy) is 3. The van der Waals surface area contributed by atoms with Crippen molar-refractivity contribution >= 4 is 5.91 Å². The fourth-order valence-electron chi connectivity index (χ4n) is 4.67. The third kappa shape index (κ3) is 3.22. The molecule has 6 nitrogen and oxygen atoms in total. The number of benzene rings is 1. The van der Waals surface area contributed by atoms with Gasteiger partial charge in [-0.15, -0.1) is 0 Å². The molecule has 1 saturated carbocycles. The molecule has 2 fully saturated rings. The van der Waals surface area contributed by atoms with Crippen LogP contribution >= 0.6 is 0 Å². The number of hydrogen-bond acceptors (Lipinski definition) is 5. The first-order chi connectivity index (χ1) is 12.5. The third-order valence-electron chi connectivity index (χ3n) is 6.18. The molecule has 0 unspecified atom stereocenters. The maximum atomic E-state index is 12.0. The van der Waals surface area contributed by atoms with Crippen molar-refractivity contribution in [1.82, 2.24) is 9.80 Å². The summed E-state index contributed by atoms with van der Waals surface area (Å²) in [7, 11) is 5.79. The SMILES string of the molecule is COc1cc2c(cc1CN(C)[C@H]1C[C@H]3CC(=O)N(C)C[C@H]3C1)OCCO2. The van der Waals surface area contributed by atoms with E-state index >= 15 is 0 Å². The molecule has 0 radical (unpaired) electrons. The van der Waals surface area contributed by atoms with Crippen LogP contribution in [0.5, 0.6) is 17.2 Å². The minimum Gasteiger partial charge on any atom is -0.496 e. The maximum Gasteiger partial charge on any atom is 0.222 e. The molecule has 2 heterocycles. The number of methoxy groups -OCH3 is 1. The lowest BCUT2D eigenvalue weighted by molar-refractivity contribution is -0.134. The summed E-state index contributed by atoms with van der Waals surface area (Å²) in [4.78, 5) is 16.3. The summed E-state index contributed by atoms with van der Waals surface area (Å²) in [6, 6.07) is 4.48. The number of amides is 1. The van der Waals surface area contributed by atoms with Crippen LogP contribution in [0.1, 0.15) is 24.8 Å². The Morgan fingerprint density at radius 2 is 1.88 bits per heavy atom. The second-order valence-electron chi connectivity index (χ2n) is 7.85. The second-order valence-corrected chi connectivity index (χ2v) is 7.85. The van der Waals surface area contributed by atoms with Crippen LogP contribution in [0.15, 0.2) is 12.1 Å². The zero-order valence-corrected chi connectivity index (χ0v) is 15.9. The molecular formula is C20H28N2O4. The molecule has 4 rings (SSSR count). The van der Waals surface area contributed by atoms with Gasteiger partial charge < -0.3 is 19.1 Å². The van der Waals surface area contributed by atoms with E-state index in [2.05, 4.69) is 11.9 Å². The number of carbonyl (C=O) groups excluding carboxylic acids is 1. The van der Waals surface area contributed by atoms with Crippen molar-refractivity contribution in [3.05, 3.63) is 17.7 Å². The largest absolute Gasteiger partial charge is 0.496 e. The summed E-state index contributed by atoms with van der Waals surface area (Å²) in [5.74, 6) is 3.86. The van der Waals surface area contributed by atoms with Crippen molar-refractivity contribution in [1.29, 1.82) is 0 Å². The van der Waals surface area contributed by atoms with Gasteiger partial charge in [0, 0.05) is 44.2 Å². The molecule has 142 valence electrons. The average molecular weight is 360 g/mol. The first-order valence-electron chi connectivity index (χ1n) is 9.46. The summed E-state index contributed by atoms with van der Waals surface area (Å²) in [5.41, 5.74) is 1.11. The van der Waals surface area contributed by atoms with Crippen molar-refractivity contribution in [2.75, 3.05) is 41.0 Å². The Kier molecular flexibility index (Phi) is 4.69. The van der Waals surface area contributed by atoms with Crippen LogP contribution in [0.2, 0.25) is 0 Å². The maximum absolute atomic E-state index is 12.0. The van der Waals surface area contributed by atoms with E-state index in [0.717, 1.165) is 48.7 Å². The fourth-order valence-corrected chi connectivity index (χ4v) is 4.67. The zero-order chi connectivity index (χ0) is 18.3. The molecule has 3 atom stereocenters. The highest BCUT2D eigenvalue weighted by atomic mass is 16.6. The van der Waals surface area contributed by atoms with Crippen molar-refractivity contribution in [3.63, 3.8) is 0 Å². The van der Waals surface area contributed by atoms with E-state index < -0.39 is 0 Å². The summed E-state index contributed by atoms with van der Waals surface area (Å²) in [6.45, 7) is 2.87. The number of likely N-dealkylation sites (tertiary alicyclic amines) is 1. The molecule has 3 aliphatic rings. The fraction of sp³-hybridized carbons (Fsp3) is 0.650. The minimum absolute atomic E-state index is 0.294. The van der Waals surface area contributed by atoms with Crippen molar-refractivity contribution in [3.8, 4) is 17.2 Å². The number of hydrogen-bond donors (Lipinski definition) is 0. The molecule has 1 aromatic carbocycles. The normalized spacial score (nSPS) is 27.6. The number of piperidine rings is 1. The summed E-state index contributed by atoms with van der Waals surface area (Å²) < 4.78 is 17.0. The lowest BCUT2D eigenvalue weighted by Gasteiger charge is -2.31. The summed E-state index contributed by atoms with van der Waals surface area (Å²) >= 11 is 0. The van der Waals surface area contributed by atoms with E-state index in [-0.39, 0.29) is 0 Å². The van der Waals surface area contributed by atoms with E-state index in [1.807, 2.05) is 24.1 Å². The Balaban J connectivity index is 1.47. The quantitative estimate of drug-likeness (QED) is 0.824. The van der Waals surface area contributed by atoms with Crippen LogP contribution in [0.3, 0.4) is 0 Å².